The quantitative estimate of drug-likeness (QED) is 0.798. The average Bonchev–Trinajstić information content (AvgIpc) is 3.02. The van der Waals surface area contributed by atoms with Gasteiger partial charge in [-0.3, -0.25) is 0 Å². The molecule has 0 saturated heterocycles. The number of nitrogens with one attached hydrogen (secondary N) is 1. The Labute approximate surface area is 151 Å². The Kier molecular flexibility index (Phi) is 6.25. The third-order valence-electron chi connectivity index (χ3n) is 3.29. The second kappa shape index (κ2) is 8.40. The van der Waals surface area contributed by atoms with Crippen molar-refractivity contribution in [1.82, 2.24) is 25.5 Å². The van der Waals surface area contributed by atoms with Crippen molar-refractivity contribution >= 4 is 6.09 Å². The molecule has 138 valence electrons. The fraction of sp³-hybridized carbons (Fsp3) is 0.471. The highest BCUT2D eigenvalue weighted by atomic mass is 16.6. The van der Waals surface area contributed by atoms with E-state index in [9.17, 15) is 4.79 Å². The maximum atomic E-state index is 12.2. The third-order valence-corrected chi connectivity index (χ3v) is 3.29. The van der Waals surface area contributed by atoms with Gasteiger partial charge < -0.3 is 15.2 Å². The molecule has 26 heavy (non-hydrogen) atoms. The van der Waals surface area contributed by atoms with Crippen LogP contribution in [0.1, 0.15) is 43.8 Å². The first kappa shape index (κ1) is 19.3. The van der Waals surface area contributed by atoms with Crippen molar-refractivity contribution in [1.29, 1.82) is 5.26 Å². The van der Waals surface area contributed by atoms with E-state index >= 15 is 0 Å². The van der Waals surface area contributed by atoms with Crippen LogP contribution >= 0.6 is 0 Å². The van der Waals surface area contributed by atoms with Gasteiger partial charge in [0.15, 0.2) is 5.82 Å². The van der Waals surface area contributed by atoms with E-state index in [1.54, 1.807) is 45.0 Å². The number of hydrogen-bond acceptors (Lipinski definition) is 7. The monoisotopic (exact) mass is 358 g/mol. The topological polar surface area (TPSA) is 126 Å². The Balaban J connectivity index is 2.19. The Morgan fingerprint density at radius 1 is 1.38 bits per heavy atom. The number of aliphatic hydroxyl groups is 1. The molecule has 0 bridgehead atoms. The Morgan fingerprint density at radius 3 is 2.65 bits per heavy atom. The molecule has 2 aromatic rings. The molecule has 1 aromatic heterocycles. The first-order chi connectivity index (χ1) is 12.3. The fourth-order valence-electron chi connectivity index (χ4n) is 2.19. The van der Waals surface area contributed by atoms with Crippen molar-refractivity contribution in [3.05, 3.63) is 41.2 Å². The van der Waals surface area contributed by atoms with E-state index in [-0.39, 0.29) is 13.2 Å². The standard InChI is InChI=1S/C17H22N6O3/c1-17(2,3)26-16(25)19-14(15-20-22-23(21-15)8-9-24)10-12-4-6-13(11-18)7-5-12/h4-7,14,24H,8-10H2,1-3H3,(H,19,25)/t14-/m0/s1. The number of amides is 1. The molecule has 0 aliphatic rings. The first-order valence-electron chi connectivity index (χ1n) is 8.18. The molecule has 1 atom stereocenters. The molecule has 0 aliphatic heterocycles. The van der Waals surface area contributed by atoms with Gasteiger partial charge in [0.2, 0.25) is 0 Å². The zero-order valence-electron chi connectivity index (χ0n) is 15.0. The summed E-state index contributed by atoms with van der Waals surface area (Å²) in [6.45, 7) is 5.42. The van der Waals surface area contributed by atoms with Crippen LogP contribution in [-0.4, -0.2) is 43.6 Å². The van der Waals surface area contributed by atoms with Gasteiger partial charge in [0.25, 0.3) is 0 Å². The van der Waals surface area contributed by atoms with Gasteiger partial charge >= 0.3 is 6.09 Å². The number of benzene rings is 1. The molecule has 9 heteroatoms. The first-order valence-corrected chi connectivity index (χ1v) is 8.18. The number of aliphatic hydroxyl groups excluding tert-OH is 1. The van der Waals surface area contributed by atoms with Crippen LogP contribution in [0, 0.1) is 11.3 Å². The number of ether oxygens (including phenoxy) is 1. The van der Waals surface area contributed by atoms with E-state index < -0.39 is 17.7 Å². The van der Waals surface area contributed by atoms with Gasteiger partial charge in [-0.2, -0.15) is 10.1 Å². The second-order valence-electron chi connectivity index (χ2n) is 6.68. The largest absolute Gasteiger partial charge is 0.444 e. The highest BCUT2D eigenvalue weighted by Gasteiger charge is 2.24. The summed E-state index contributed by atoms with van der Waals surface area (Å²) in [6, 6.07) is 8.52. The summed E-state index contributed by atoms with van der Waals surface area (Å²) >= 11 is 0. The molecule has 0 aliphatic carbocycles. The summed E-state index contributed by atoms with van der Waals surface area (Å²) < 4.78 is 5.30. The SMILES string of the molecule is CC(C)(C)OC(=O)N[C@@H](Cc1ccc(C#N)cc1)c1nnn(CCO)n1. The molecule has 1 heterocycles. The van der Waals surface area contributed by atoms with E-state index in [1.165, 1.54) is 4.80 Å². The van der Waals surface area contributed by atoms with Gasteiger partial charge in [0.1, 0.15) is 11.6 Å². The average molecular weight is 358 g/mol. The third kappa shape index (κ3) is 5.82. The number of nitrogens with zero attached hydrogens (tertiary/aromatic N) is 5. The minimum Gasteiger partial charge on any atom is -0.444 e. The van der Waals surface area contributed by atoms with Crippen LogP contribution in [0.3, 0.4) is 0 Å². The summed E-state index contributed by atoms with van der Waals surface area (Å²) in [4.78, 5) is 13.4. The van der Waals surface area contributed by atoms with Gasteiger partial charge in [-0.15, -0.1) is 10.2 Å². The molecule has 2 N–H and O–H groups in total. The number of nitriles is 1. The van der Waals surface area contributed by atoms with Gasteiger partial charge in [-0.25, -0.2) is 4.79 Å². The summed E-state index contributed by atoms with van der Waals surface area (Å²) in [5.74, 6) is 0.314. The molecule has 9 nitrogen and oxygen atoms in total. The number of rotatable bonds is 6. The van der Waals surface area contributed by atoms with E-state index in [0.29, 0.717) is 17.8 Å². The van der Waals surface area contributed by atoms with Crippen molar-refractivity contribution in [3.8, 4) is 6.07 Å². The Bertz CT molecular complexity index is 773. The van der Waals surface area contributed by atoms with Crippen molar-refractivity contribution in [2.75, 3.05) is 6.61 Å². The summed E-state index contributed by atoms with van der Waals surface area (Å²) in [5, 5.41) is 32.6. The lowest BCUT2D eigenvalue weighted by atomic mass is 10.0. The van der Waals surface area contributed by atoms with Crippen LogP contribution in [0.25, 0.3) is 0 Å². The lowest BCUT2D eigenvalue weighted by Crippen LogP contribution is -2.36. The summed E-state index contributed by atoms with van der Waals surface area (Å²) in [6.07, 6.45) is -0.190. The Morgan fingerprint density at radius 2 is 2.08 bits per heavy atom. The number of aromatic nitrogens is 4. The van der Waals surface area contributed by atoms with E-state index in [0.717, 1.165) is 5.56 Å². The van der Waals surface area contributed by atoms with Gasteiger partial charge in [-0.05, 0) is 43.7 Å². The molecule has 0 unspecified atom stereocenters. The minimum absolute atomic E-state index is 0.115. The van der Waals surface area contributed by atoms with Gasteiger partial charge in [0, 0.05) is 6.42 Å². The molecule has 1 amide bonds. The van der Waals surface area contributed by atoms with Crippen LogP contribution in [0.5, 0.6) is 0 Å². The molecule has 0 spiro atoms. The normalized spacial score (nSPS) is 12.3. The van der Waals surface area contributed by atoms with Crippen LogP contribution in [-0.2, 0) is 17.7 Å². The number of tetrazole rings is 1. The van der Waals surface area contributed by atoms with Crippen molar-refractivity contribution in [3.63, 3.8) is 0 Å². The molecule has 0 radical (unpaired) electrons. The predicted molar refractivity (Wildman–Crippen MR) is 91.9 cm³/mol. The lowest BCUT2D eigenvalue weighted by molar-refractivity contribution is 0.0501. The molecule has 2 rings (SSSR count). The zero-order chi connectivity index (χ0) is 19.2. The molecule has 0 saturated carbocycles. The van der Waals surface area contributed by atoms with Crippen molar-refractivity contribution < 1.29 is 14.6 Å². The number of hydrogen-bond donors (Lipinski definition) is 2. The van der Waals surface area contributed by atoms with E-state index in [2.05, 4.69) is 26.8 Å². The highest BCUT2D eigenvalue weighted by Crippen LogP contribution is 2.17. The number of alkyl carbamates (subject to hydrolysis) is 1. The maximum Gasteiger partial charge on any atom is 0.408 e. The van der Waals surface area contributed by atoms with Crippen LogP contribution in [0.2, 0.25) is 0 Å². The number of carbonyl (C=O) groups excluding carboxylic acids is 1. The van der Waals surface area contributed by atoms with Crippen molar-refractivity contribution in [2.24, 2.45) is 0 Å². The number of carbonyl (C=O) groups is 1. The fourth-order valence-corrected chi connectivity index (χ4v) is 2.19. The minimum atomic E-state index is -0.634. The maximum absolute atomic E-state index is 12.2. The molecule has 0 fully saturated rings. The predicted octanol–water partition coefficient (Wildman–Crippen LogP) is 1.35. The lowest BCUT2D eigenvalue weighted by Gasteiger charge is -2.22. The summed E-state index contributed by atoms with van der Waals surface area (Å²) in [7, 11) is 0. The summed E-state index contributed by atoms with van der Waals surface area (Å²) in [5.41, 5.74) is 0.811. The van der Waals surface area contributed by atoms with Crippen LogP contribution < -0.4 is 5.32 Å². The second-order valence-corrected chi connectivity index (χ2v) is 6.68. The van der Waals surface area contributed by atoms with E-state index in [4.69, 9.17) is 15.1 Å². The van der Waals surface area contributed by atoms with Crippen molar-refractivity contribution in [2.45, 2.75) is 45.4 Å². The Hall–Kier alpha value is -2.99. The zero-order valence-corrected chi connectivity index (χ0v) is 15.0. The van der Waals surface area contributed by atoms with Crippen LogP contribution in [0.4, 0.5) is 4.79 Å². The smallest absolute Gasteiger partial charge is 0.408 e. The van der Waals surface area contributed by atoms with E-state index in [1.807, 2.05) is 0 Å². The molecule has 1 aromatic carbocycles. The van der Waals surface area contributed by atoms with Gasteiger partial charge in [-0.1, -0.05) is 12.1 Å². The van der Waals surface area contributed by atoms with Crippen LogP contribution in [0.15, 0.2) is 24.3 Å². The highest BCUT2D eigenvalue weighted by molar-refractivity contribution is 5.68. The van der Waals surface area contributed by atoms with Gasteiger partial charge in [0.05, 0.1) is 24.8 Å². The molecular weight excluding hydrogens is 336 g/mol. The molecular formula is C17H22N6O3.